The van der Waals surface area contributed by atoms with E-state index in [1.807, 2.05) is 0 Å². The summed E-state index contributed by atoms with van der Waals surface area (Å²) in [5.41, 5.74) is 0. The zero-order valence-corrected chi connectivity index (χ0v) is 30.7. The number of unbranched alkanes of at least 4 members (excludes halogenated alkanes) is 24. The molecule has 0 aromatic rings. The number of hydrogen-bond donors (Lipinski definition) is 4. The summed E-state index contributed by atoms with van der Waals surface area (Å²) in [6.07, 6.45) is 42.8. The molecule has 4 N–H and O–H groups in total. The lowest BCUT2D eigenvalue weighted by Crippen LogP contribution is -2.50. The van der Waals surface area contributed by atoms with Crippen molar-refractivity contribution in [1.82, 2.24) is 5.32 Å². The molecule has 3 unspecified atom stereocenters. The second-order valence-corrected chi connectivity index (χ2v) is 13.8. The van der Waals surface area contributed by atoms with Crippen LogP contribution in [0.4, 0.5) is 0 Å². The van der Waals surface area contributed by atoms with Crippen LogP contribution < -0.4 is 5.32 Å². The van der Waals surface area contributed by atoms with E-state index in [0.29, 0.717) is 12.8 Å². The fraction of sp³-hybridized carbons (Fsp3) is 0.878. The lowest BCUT2D eigenvalue weighted by atomic mass is 9.99. The van der Waals surface area contributed by atoms with Crippen LogP contribution >= 0.6 is 0 Å². The average molecular weight is 650 g/mol. The summed E-state index contributed by atoms with van der Waals surface area (Å²) in [6, 6.07) is -0.805. The number of nitrogens with one attached hydrogen (secondary N) is 1. The van der Waals surface area contributed by atoms with E-state index >= 15 is 0 Å². The van der Waals surface area contributed by atoms with E-state index < -0.39 is 18.2 Å². The van der Waals surface area contributed by atoms with Crippen LogP contribution in [-0.4, -0.2) is 46.1 Å². The van der Waals surface area contributed by atoms with Gasteiger partial charge in [0.15, 0.2) is 0 Å². The van der Waals surface area contributed by atoms with Gasteiger partial charge < -0.3 is 20.6 Å². The van der Waals surface area contributed by atoms with E-state index in [2.05, 4.69) is 43.5 Å². The highest BCUT2D eigenvalue weighted by atomic mass is 16.3. The van der Waals surface area contributed by atoms with Gasteiger partial charge in [-0.25, -0.2) is 0 Å². The molecule has 0 radical (unpaired) electrons. The Morgan fingerprint density at radius 2 is 1.00 bits per heavy atom. The predicted octanol–water partition coefficient (Wildman–Crippen LogP) is 11.0. The van der Waals surface area contributed by atoms with Gasteiger partial charge in [0.2, 0.25) is 5.91 Å². The summed E-state index contributed by atoms with van der Waals surface area (Å²) >= 11 is 0. The van der Waals surface area contributed by atoms with Gasteiger partial charge in [0.05, 0.1) is 18.8 Å². The second-order valence-electron chi connectivity index (χ2n) is 13.8. The molecule has 1 amide bonds. The molecule has 0 aliphatic rings. The van der Waals surface area contributed by atoms with Crippen LogP contribution in [0.5, 0.6) is 0 Å². The van der Waals surface area contributed by atoms with Crippen molar-refractivity contribution < 1.29 is 20.1 Å². The third kappa shape index (κ3) is 31.4. The van der Waals surface area contributed by atoms with Crippen molar-refractivity contribution in [2.24, 2.45) is 0 Å². The maximum absolute atomic E-state index is 12.4. The summed E-state index contributed by atoms with van der Waals surface area (Å²) in [5, 5.41) is 33.4. The molecule has 0 saturated heterocycles. The lowest BCUT2D eigenvalue weighted by Gasteiger charge is -2.26. The Kier molecular flexibility index (Phi) is 35.7. The highest BCUT2D eigenvalue weighted by Gasteiger charge is 2.26. The van der Waals surface area contributed by atoms with Gasteiger partial charge in [0, 0.05) is 6.42 Å². The third-order valence-electron chi connectivity index (χ3n) is 9.32. The Balaban J connectivity index is 3.60. The second kappa shape index (κ2) is 36.7. The summed E-state index contributed by atoms with van der Waals surface area (Å²) in [7, 11) is 0. The molecule has 5 heteroatoms. The molecule has 3 atom stereocenters. The minimum absolute atomic E-state index is 0.146. The minimum Gasteiger partial charge on any atom is -0.394 e. The number of aliphatic hydroxyl groups is 3. The molecule has 272 valence electrons. The van der Waals surface area contributed by atoms with Crippen LogP contribution in [0.25, 0.3) is 0 Å². The molecule has 0 aliphatic heterocycles. The smallest absolute Gasteiger partial charge is 0.220 e. The predicted molar refractivity (Wildman–Crippen MR) is 199 cm³/mol. The Hall–Kier alpha value is -1.17. The number of rotatable bonds is 36. The Bertz CT molecular complexity index is 679. The summed E-state index contributed by atoms with van der Waals surface area (Å²) in [5.74, 6) is -0.146. The molecule has 46 heavy (non-hydrogen) atoms. The van der Waals surface area contributed by atoms with Crippen molar-refractivity contribution in [2.75, 3.05) is 6.61 Å². The van der Waals surface area contributed by atoms with E-state index in [0.717, 1.165) is 51.4 Å². The van der Waals surface area contributed by atoms with Crippen molar-refractivity contribution in [3.8, 4) is 0 Å². The van der Waals surface area contributed by atoms with E-state index in [-0.39, 0.29) is 12.5 Å². The van der Waals surface area contributed by atoms with Crippen LogP contribution in [0.2, 0.25) is 0 Å². The van der Waals surface area contributed by atoms with Gasteiger partial charge in [-0.1, -0.05) is 186 Å². The fourth-order valence-electron chi connectivity index (χ4n) is 6.20. The van der Waals surface area contributed by atoms with Gasteiger partial charge in [0.25, 0.3) is 0 Å². The quantitative estimate of drug-likeness (QED) is 0.0401. The molecule has 0 spiro atoms. The first-order valence-electron chi connectivity index (χ1n) is 20.1. The first-order valence-corrected chi connectivity index (χ1v) is 20.1. The SMILES string of the molecule is CC/C=C\C/C=C\CCCCCCCCCCCCCCCCC(=O)NC(CO)C(O)C(O)CCCCCCCCCCCCC. The maximum Gasteiger partial charge on any atom is 0.220 e. The first kappa shape index (κ1) is 44.8. The molecule has 0 aliphatic carbocycles. The monoisotopic (exact) mass is 650 g/mol. The Labute approximate surface area is 286 Å². The van der Waals surface area contributed by atoms with E-state index in [1.54, 1.807) is 0 Å². The molecule has 0 saturated carbocycles. The molecule has 0 heterocycles. The van der Waals surface area contributed by atoms with E-state index in [9.17, 15) is 20.1 Å². The van der Waals surface area contributed by atoms with Crippen LogP contribution in [0, 0.1) is 0 Å². The van der Waals surface area contributed by atoms with Crippen molar-refractivity contribution in [3.63, 3.8) is 0 Å². The van der Waals surface area contributed by atoms with E-state index in [4.69, 9.17) is 0 Å². The Morgan fingerprint density at radius 1 is 0.565 bits per heavy atom. The molecule has 0 bridgehead atoms. The third-order valence-corrected chi connectivity index (χ3v) is 9.32. The van der Waals surface area contributed by atoms with Gasteiger partial charge in [-0.15, -0.1) is 0 Å². The molecule has 0 fully saturated rings. The number of carbonyl (C=O) groups excluding carboxylic acids is 1. The zero-order valence-electron chi connectivity index (χ0n) is 30.7. The van der Waals surface area contributed by atoms with Gasteiger partial charge in [-0.05, 0) is 38.5 Å². The topological polar surface area (TPSA) is 89.8 Å². The van der Waals surface area contributed by atoms with Crippen molar-refractivity contribution in [3.05, 3.63) is 24.3 Å². The first-order chi connectivity index (χ1) is 22.6. The lowest BCUT2D eigenvalue weighted by molar-refractivity contribution is -0.124. The van der Waals surface area contributed by atoms with Gasteiger partial charge in [-0.2, -0.15) is 0 Å². The minimum atomic E-state index is -1.13. The number of allylic oxidation sites excluding steroid dienone is 4. The zero-order chi connectivity index (χ0) is 33.8. The van der Waals surface area contributed by atoms with Crippen LogP contribution in [0.3, 0.4) is 0 Å². The van der Waals surface area contributed by atoms with Gasteiger partial charge in [0.1, 0.15) is 6.10 Å². The van der Waals surface area contributed by atoms with Crippen molar-refractivity contribution in [2.45, 2.75) is 225 Å². The highest BCUT2D eigenvalue weighted by molar-refractivity contribution is 5.76. The summed E-state index contributed by atoms with van der Waals surface area (Å²) in [6.45, 7) is 4.06. The standard InChI is InChI=1S/C41H79NO4/c1-3-5-7-9-11-13-15-16-17-18-19-20-21-22-23-24-26-28-30-32-34-36-40(45)42-38(37-43)41(46)39(44)35-33-31-29-27-25-14-12-10-8-6-4-2/h5,7,11,13,38-39,41,43-44,46H,3-4,6,8-10,12,14-37H2,1-2H3,(H,42,45)/b7-5-,13-11-. The molecular formula is C41H79NO4. The largest absolute Gasteiger partial charge is 0.394 e. The molecule has 0 rings (SSSR count). The maximum atomic E-state index is 12.4. The molecule has 5 nitrogen and oxygen atoms in total. The van der Waals surface area contributed by atoms with Gasteiger partial charge >= 0.3 is 0 Å². The Morgan fingerprint density at radius 3 is 1.48 bits per heavy atom. The average Bonchev–Trinajstić information content (AvgIpc) is 3.06. The summed E-state index contributed by atoms with van der Waals surface area (Å²) < 4.78 is 0. The number of carbonyl (C=O) groups is 1. The van der Waals surface area contributed by atoms with Gasteiger partial charge in [-0.3, -0.25) is 4.79 Å². The summed E-state index contributed by atoms with van der Waals surface area (Å²) in [4.78, 5) is 12.4. The van der Waals surface area contributed by atoms with Crippen LogP contribution in [-0.2, 0) is 4.79 Å². The van der Waals surface area contributed by atoms with E-state index in [1.165, 1.54) is 128 Å². The molecule has 0 aromatic heterocycles. The number of aliphatic hydroxyl groups excluding tert-OH is 3. The normalized spacial score (nSPS) is 13.9. The number of hydrogen-bond acceptors (Lipinski definition) is 4. The van der Waals surface area contributed by atoms with Crippen molar-refractivity contribution in [1.29, 1.82) is 0 Å². The molecular weight excluding hydrogens is 570 g/mol. The van der Waals surface area contributed by atoms with Crippen LogP contribution in [0.1, 0.15) is 206 Å². The number of amides is 1. The fourth-order valence-corrected chi connectivity index (χ4v) is 6.20. The highest BCUT2D eigenvalue weighted by Crippen LogP contribution is 2.16. The van der Waals surface area contributed by atoms with Crippen LogP contribution in [0.15, 0.2) is 24.3 Å². The van der Waals surface area contributed by atoms with Crippen molar-refractivity contribution >= 4 is 5.91 Å². The molecule has 0 aromatic carbocycles.